The molecule has 166 valence electrons. The Balaban J connectivity index is 1.30. The van der Waals surface area contributed by atoms with Crippen LogP contribution in [0.2, 0.25) is 0 Å². The van der Waals surface area contributed by atoms with Crippen molar-refractivity contribution >= 4 is 22.5 Å². The van der Waals surface area contributed by atoms with Crippen LogP contribution in [-0.4, -0.2) is 44.6 Å². The number of likely N-dealkylation sites (tertiary alicyclic amines) is 1. The van der Waals surface area contributed by atoms with Crippen molar-refractivity contribution in [1.82, 2.24) is 19.5 Å². The van der Waals surface area contributed by atoms with Crippen molar-refractivity contribution in [3.05, 3.63) is 48.7 Å². The fraction of sp³-hybridized carbons (Fsp3) is 0.400. The number of amides is 1. The first-order valence-corrected chi connectivity index (χ1v) is 11.2. The van der Waals surface area contributed by atoms with Gasteiger partial charge in [-0.05, 0) is 31.0 Å². The number of para-hydroxylation sites is 1. The molecule has 1 aromatic carbocycles. The summed E-state index contributed by atoms with van der Waals surface area (Å²) in [5.41, 5.74) is 1.98. The van der Waals surface area contributed by atoms with E-state index in [4.69, 9.17) is 9.15 Å². The van der Waals surface area contributed by atoms with E-state index in [0.29, 0.717) is 18.2 Å². The molecular weight excluding hydrogens is 404 g/mol. The van der Waals surface area contributed by atoms with Crippen LogP contribution >= 0.6 is 0 Å². The highest BCUT2D eigenvalue weighted by atomic mass is 16.5. The van der Waals surface area contributed by atoms with E-state index in [-0.39, 0.29) is 17.4 Å². The average Bonchev–Trinajstić information content (AvgIpc) is 3.49. The standard InChI is InChI=1S/C25H28N4O3/c1-25(2,3)24(30)28-13-6-8-18(28)12-14-31-23-11-10-22-26-16-19(29(22)27-23)21-15-17-7-4-5-9-20(17)32-21/h4-5,7,9-11,15-16,18H,6,8,12-14H2,1-3H3. The fourth-order valence-electron chi connectivity index (χ4n) is 4.34. The number of ether oxygens (including phenoxy) is 1. The maximum atomic E-state index is 12.7. The van der Waals surface area contributed by atoms with Crippen LogP contribution in [0.25, 0.3) is 28.1 Å². The summed E-state index contributed by atoms with van der Waals surface area (Å²) in [4.78, 5) is 19.2. The largest absolute Gasteiger partial charge is 0.477 e. The molecule has 0 bridgehead atoms. The number of benzene rings is 1. The van der Waals surface area contributed by atoms with Gasteiger partial charge >= 0.3 is 0 Å². The lowest BCUT2D eigenvalue weighted by Gasteiger charge is -2.31. The van der Waals surface area contributed by atoms with Gasteiger partial charge in [-0.1, -0.05) is 39.0 Å². The zero-order valence-corrected chi connectivity index (χ0v) is 18.7. The lowest BCUT2D eigenvalue weighted by atomic mass is 9.94. The van der Waals surface area contributed by atoms with Crippen molar-refractivity contribution in [1.29, 1.82) is 0 Å². The molecule has 0 N–H and O–H groups in total. The highest BCUT2D eigenvalue weighted by Crippen LogP contribution is 2.29. The Morgan fingerprint density at radius 1 is 1.22 bits per heavy atom. The quantitative estimate of drug-likeness (QED) is 0.446. The van der Waals surface area contributed by atoms with E-state index in [1.54, 1.807) is 10.7 Å². The van der Waals surface area contributed by atoms with E-state index in [9.17, 15) is 4.79 Å². The van der Waals surface area contributed by atoms with E-state index in [0.717, 1.165) is 48.1 Å². The molecule has 4 aromatic rings. The third kappa shape index (κ3) is 3.83. The number of aromatic nitrogens is 3. The van der Waals surface area contributed by atoms with Crippen LogP contribution in [0.3, 0.4) is 0 Å². The molecule has 1 fully saturated rings. The first-order valence-electron chi connectivity index (χ1n) is 11.2. The topological polar surface area (TPSA) is 72.9 Å². The van der Waals surface area contributed by atoms with Gasteiger partial charge in [0.1, 0.15) is 11.3 Å². The molecule has 4 heterocycles. The molecule has 1 aliphatic heterocycles. The minimum atomic E-state index is -0.357. The third-order valence-electron chi connectivity index (χ3n) is 6.00. The van der Waals surface area contributed by atoms with Crippen molar-refractivity contribution in [3.8, 4) is 17.3 Å². The highest BCUT2D eigenvalue weighted by Gasteiger charge is 2.34. The van der Waals surface area contributed by atoms with Crippen LogP contribution in [0.1, 0.15) is 40.0 Å². The third-order valence-corrected chi connectivity index (χ3v) is 6.00. The number of carbonyl (C=O) groups is 1. The molecule has 1 unspecified atom stereocenters. The van der Waals surface area contributed by atoms with E-state index in [1.807, 2.05) is 68.1 Å². The number of fused-ring (bicyclic) bond motifs is 2. The molecule has 32 heavy (non-hydrogen) atoms. The summed E-state index contributed by atoms with van der Waals surface area (Å²) in [7, 11) is 0. The summed E-state index contributed by atoms with van der Waals surface area (Å²) in [6.07, 6.45) is 4.63. The number of imidazole rings is 1. The second kappa shape index (κ2) is 7.97. The number of furan rings is 1. The Hall–Kier alpha value is -3.35. The average molecular weight is 433 g/mol. The van der Waals surface area contributed by atoms with Gasteiger partial charge in [0.15, 0.2) is 11.4 Å². The molecule has 0 aliphatic carbocycles. The zero-order chi connectivity index (χ0) is 22.3. The molecule has 5 rings (SSSR count). The SMILES string of the molecule is CC(C)(C)C(=O)N1CCCC1CCOc1ccc2ncc(-c3cc4ccccc4o3)n2n1. The van der Waals surface area contributed by atoms with Gasteiger partial charge in [0.05, 0.1) is 12.8 Å². The molecule has 0 spiro atoms. The van der Waals surface area contributed by atoms with Gasteiger partial charge in [-0.15, -0.1) is 5.10 Å². The first-order chi connectivity index (χ1) is 15.4. The molecule has 1 saturated heterocycles. The van der Waals surface area contributed by atoms with Crippen LogP contribution in [-0.2, 0) is 4.79 Å². The molecule has 1 aliphatic rings. The monoisotopic (exact) mass is 432 g/mol. The van der Waals surface area contributed by atoms with Gasteiger partial charge in [0.25, 0.3) is 0 Å². The Bertz CT molecular complexity index is 1230. The normalized spacial score (nSPS) is 16.8. The predicted octanol–water partition coefficient (Wildman–Crippen LogP) is 4.95. The Morgan fingerprint density at radius 2 is 2.06 bits per heavy atom. The maximum absolute atomic E-state index is 12.7. The minimum absolute atomic E-state index is 0.216. The predicted molar refractivity (Wildman–Crippen MR) is 122 cm³/mol. The molecule has 1 amide bonds. The van der Waals surface area contributed by atoms with Crippen molar-refractivity contribution in [3.63, 3.8) is 0 Å². The van der Waals surface area contributed by atoms with Crippen molar-refractivity contribution in [2.75, 3.05) is 13.2 Å². The van der Waals surface area contributed by atoms with Gasteiger partial charge < -0.3 is 14.1 Å². The maximum Gasteiger partial charge on any atom is 0.231 e. The van der Waals surface area contributed by atoms with Crippen molar-refractivity contribution < 1.29 is 13.9 Å². The summed E-state index contributed by atoms with van der Waals surface area (Å²) in [5.74, 6) is 1.46. The van der Waals surface area contributed by atoms with Crippen LogP contribution < -0.4 is 4.74 Å². The lowest BCUT2D eigenvalue weighted by Crippen LogP contribution is -2.42. The van der Waals surface area contributed by atoms with Gasteiger partial charge in [-0.2, -0.15) is 0 Å². The molecular formula is C25H28N4O3. The Kier molecular flexibility index (Phi) is 5.12. The molecule has 0 saturated carbocycles. The van der Waals surface area contributed by atoms with Crippen LogP contribution in [0.15, 0.2) is 53.1 Å². The summed E-state index contributed by atoms with van der Waals surface area (Å²) in [5, 5.41) is 5.67. The molecule has 0 radical (unpaired) electrons. The summed E-state index contributed by atoms with van der Waals surface area (Å²) in [6, 6.07) is 13.8. The smallest absolute Gasteiger partial charge is 0.231 e. The number of hydrogen-bond acceptors (Lipinski definition) is 5. The summed E-state index contributed by atoms with van der Waals surface area (Å²) >= 11 is 0. The van der Waals surface area contributed by atoms with Crippen molar-refractivity contribution in [2.45, 2.75) is 46.1 Å². The second-order valence-electron chi connectivity index (χ2n) is 9.42. The van der Waals surface area contributed by atoms with Crippen LogP contribution in [0, 0.1) is 5.41 Å². The van der Waals surface area contributed by atoms with E-state index in [2.05, 4.69) is 10.1 Å². The van der Waals surface area contributed by atoms with Gasteiger partial charge in [0, 0.05) is 35.9 Å². The van der Waals surface area contributed by atoms with Crippen LogP contribution in [0.5, 0.6) is 5.88 Å². The van der Waals surface area contributed by atoms with Crippen molar-refractivity contribution in [2.24, 2.45) is 5.41 Å². The number of hydrogen-bond donors (Lipinski definition) is 0. The first kappa shape index (κ1) is 20.5. The van der Waals surface area contributed by atoms with Crippen LogP contribution in [0.4, 0.5) is 0 Å². The Labute approximate surface area is 187 Å². The summed E-state index contributed by atoms with van der Waals surface area (Å²) in [6.45, 7) is 7.27. The molecule has 3 aromatic heterocycles. The molecule has 7 nitrogen and oxygen atoms in total. The number of nitrogens with zero attached hydrogens (tertiary/aromatic N) is 4. The molecule has 1 atom stereocenters. The van der Waals surface area contributed by atoms with E-state index >= 15 is 0 Å². The zero-order valence-electron chi connectivity index (χ0n) is 18.7. The lowest BCUT2D eigenvalue weighted by molar-refractivity contribution is -0.140. The molecule has 7 heteroatoms. The minimum Gasteiger partial charge on any atom is -0.477 e. The Morgan fingerprint density at radius 3 is 2.88 bits per heavy atom. The van der Waals surface area contributed by atoms with Gasteiger partial charge in [0.2, 0.25) is 11.8 Å². The number of rotatable bonds is 5. The highest BCUT2D eigenvalue weighted by molar-refractivity contribution is 5.82. The van der Waals surface area contributed by atoms with Gasteiger partial charge in [-0.3, -0.25) is 4.79 Å². The fourth-order valence-corrected chi connectivity index (χ4v) is 4.34. The van der Waals surface area contributed by atoms with E-state index in [1.165, 1.54) is 0 Å². The van der Waals surface area contributed by atoms with Gasteiger partial charge in [-0.25, -0.2) is 9.50 Å². The second-order valence-corrected chi connectivity index (χ2v) is 9.42. The number of carbonyl (C=O) groups excluding carboxylic acids is 1. The summed E-state index contributed by atoms with van der Waals surface area (Å²) < 4.78 is 13.7. The van der Waals surface area contributed by atoms with E-state index < -0.39 is 0 Å².